The van der Waals surface area contributed by atoms with Crippen LogP contribution in [-0.2, 0) is 10.0 Å². The molecule has 3 N–H and O–H groups in total. The molecule has 7 heteroatoms. The SMILES string of the molecule is CC1CCCCC1NS(=O)(=O)c1ccc(F)c(N)c1F. The van der Waals surface area contributed by atoms with Crippen molar-refractivity contribution < 1.29 is 17.2 Å². The first-order chi connectivity index (χ1) is 9.33. The first kappa shape index (κ1) is 15.2. The van der Waals surface area contributed by atoms with Gasteiger partial charge in [-0.25, -0.2) is 21.9 Å². The lowest BCUT2D eigenvalue weighted by molar-refractivity contribution is 0.310. The van der Waals surface area contributed by atoms with Crippen molar-refractivity contribution in [2.45, 2.75) is 43.5 Å². The van der Waals surface area contributed by atoms with Crippen molar-refractivity contribution in [3.63, 3.8) is 0 Å². The van der Waals surface area contributed by atoms with Crippen molar-refractivity contribution in [3.05, 3.63) is 23.8 Å². The molecular formula is C13H18F2N2O2S. The summed E-state index contributed by atoms with van der Waals surface area (Å²) < 4.78 is 53.8. The highest BCUT2D eigenvalue weighted by atomic mass is 32.2. The third-order valence-corrected chi connectivity index (χ3v) is 5.31. The van der Waals surface area contributed by atoms with E-state index in [0.717, 1.165) is 37.8 Å². The number of hydrogen-bond donors (Lipinski definition) is 2. The molecule has 0 aromatic heterocycles. The van der Waals surface area contributed by atoms with E-state index >= 15 is 0 Å². The Morgan fingerprint density at radius 2 is 1.90 bits per heavy atom. The van der Waals surface area contributed by atoms with Crippen LogP contribution >= 0.6 is 0 Å². The van der Waals surface area contributed by atoms with Gasteiger partial charge in [0, 0.05) is 6.04 Å². The number of nitrogens with two attached hydrogens (primary N) is 1. The predicted octanol–water partition coefficient (Wildman–Crippen LogP) is 2.40. The van der Waals surface area contributed by atoms with Gasteiger partial charge in [0.2, 0.25) is 10.0 Å². The van der Waals surface area contributed by atoms with Crippen LogP contribution in [0.1, 0.15) is 32.6 Å². The Kier molecular flexibility index (Phi) is 4.29. The van der Waals surface area contributed by atoms with Gasteiger partial charge in [-0.2, -0.15) is 0 Å². The molecule has 0 amide bonds. The van der Waals surface area contributed by atoms with Gasteiger partial charge < -0.3 is 5.73 Å². The number of nitrogens with one attached hydrogen (secondary N) is 1. The van der Waals surface area contributed by atoms with Crippen molar-refractivity contribution in [2.24, 2.45) is 5.92 Å². The average Bonchev–Trinajstić information content (AvgIpc) is 2.38. The molecule has 2 atom stereocenters. The van der Waals surface area contributed by atoms with Gasteiger partial charge in [0.25, 0.3) is 0 Å². The van der Waals surface area contributed by atoms with Gasteiger partial charge in [0.1, 0.15) is 16.4 Å². The fourth-order valence-corrected chi connectivity index (χ4v) is 3.98. The third kappa shape index (κ3) is 2.93. The minimum atomic E-state index is -4.03. The number of sulfonamides is 1. The molecule has 4 nitrogen and oxygen atoms in total. The smallest absolute Gasteiger partial charge is 0.243 e. The minimum absolute atomic E-state index is 0.194. The van der Waals surface area contributed by atoms with Crippen molar-refractivity contribution >= 4 is 15.7 Å². The van der Waals surface area contributed by atoms with Crippen LogP contribution in [0, 0.1) is 17.6 Å². The van der Waals surface area contributed by atoms with E-state index in [-0.39, 0.29) is 12.0 Å². The van der Waals surface area contributed by atoms with Gasteiger partial charge in [-0.05, 0) is 30.9 Å². The molecule has 2 unspecified atom stereocenters. The molecule has 2 rings (SSSR count). The van der Waals surface area contributed by atoms with E-state index in [1.807, 2.05) is 6.92 Å². The summed E-state index contributed by atoms with van der Waals surface area (Å²) in [6, 6.07) is 1.54. The molecule has 0 heterocycles. The Morgan fingerprint density at radius 3 is 2.55 bits per heavy atom. The lowest BCUT2D eigenvalue weighted by Gasteiger charge is -2.29. The standard InChI is InChI=1S/C13H18F2N2O2S/c1-8-4-2-3-5-10(8)17-20(18,19)11-7-6-9(14)13(16)12(11)15/h6-8,10,17H,2-5,16H2,1H3. The highest BCUT2D eigenvalue weighted by molar-refractivity contribution is 7.89. The van der Waals surface area contributed by atoms with Crippen LogP contribution in [0.4, 0.5) is 14.5 Å². The van der Waals surface area contributed by atoms with E-state index < -0.39 is 32.2 Å². The van der Waals surface area contributed by atoms with Gasteiger partial charge in [-0.15, -0.1) is 0 Å². The molecular weight excluding hydrogens is 286 g/mol. The van der Waals surface area contributed by atoms with Gasteiger partial charge in [0.05, 0.1) is 0 Å². The van der Waals surface area contributed by atoms with Crippen LogP contribution in [0.25, 0.3) is 0 Å². The monoisotopic (exact) mass is 304 g/mol. The van der Waals surface area contributed by atoms with Gasteiger partial charge in [-0.3, -0.25) is 0 Å². The second kappa shape index (κ2) is 5.65. The molecule has 1 saturated carbocycles. The summed E-state index contributed by atoms with van der Waals surface area (Å²) in [7, 11) is -4.03. The van der Waals surface area contributed by atoms with E-state index in [2.05, 4.69) is 4.72 Å². The van der Waals surface area contributed by atoms with Gasteiger partial charge in [-0.1, -0.05) is 19.8 Å². The summed E-state index contributed by atoms with van der Waals surface area (Å²) in [6.45, 7) is 1.96. The van der Waals surface area contributed by atoms with E-state index in [1.165, 1.54) is 0 Å². The highest BCUT2D eigenvalue weighted by Gasteiger charge is 2.29. The third-order valence-electron chi connectivity index (χ3n) is 3.80. The average molecular weight is 304 g/mol. The molecule has 0 radical (unpaired) electrons. The zero-order chi connectivity index (χ0) is 14.9. The maximum Gasteiger partial charge on any atom is 0.243 e. The Balaban J connectivity index is 2.29. The molecule has 1 aromatic rings. The Bertz CT molecular complexity index is 605. The van der Waals surface area contributed by atoms with Crippen LogP contribution in [0.15, 0.2) is 17.0 Å². The zero-order valence-electron chi connectivity index (χ0n) is 11.2. The zero-order valence-corrected chi connectivity index (χ0v) is 12.0. The number of benzene rings is 1. The highest BCUT2D eigenvalue weighted by Crippen LogP contribution is 2.27. The van der Waals surface area contributed by atoms with E-state index in [9.17, 15) is 17.2 Å². The Labute approximate surface area is 117 Å². The maximum absolute atomic E-state index is 13.8. The second-order valence-corrected chi connectivity index (χ2v) is 6.95. The topological polar surface area (TPSA) is 72.2 Å². The van der Waals surface area contributed by atoms with E-state index in [1.54, 1.807) is 0 Å². The molecule has 112 valence electrons. The predicted molar refractivity (Wildman–Crippen MR) is 72.5 cm³/mol. The fourth-order valence-electron chi connectivity index (χ4n) is 2.51. The molecule has 1 aliphatic rings. The number of halogens is 2. The summed E-state index contributed by atoms with van der Waals surface area (Å²) in [4.78, 5) is -0.603. The molecule has 0 aliphatic heterocycles. The van der Waals surface area contributed by atoms with Crippen LogP contribution in [0.2, 0.25) is 0 Å². The summed E-state index contributed by atoms with van der Waals surface area (Å²) in [5, 5.41) is 0. The number of nitrogen functional groups attached to an aromatic ring is 1. The summed E-state index contributed by atoms with van der Waals surface area (Å²) >= 11 is 0. The van der Waals surface area contributed by atoms with Crippen molar-refractivity contribution in [2.75, 3.05) is 5.73 Å². The number of hydrogen-bond acceptors (Lipinski definition) is 3. The van der Waals surface area contributed by atoms with E-state index in [4.69, 9.17) is 5.73 Å². The molecule has 1 aliphatic carbocycles. The molecule has 0 saturated heterocycles. The normalized spacial score (nSPS) is 23.8. The van der Waals surface area contributed by atoms with Crippen LogP contribution in [0.5, 0.6) is 0 Å². The van der Waals surface area contributed by atoms with Crippen LogP contribution < -0.4 is 10.5 Å². The van der Waals surface area contributed by atoms with Crippen molar-refractivity contribution in [1.82, 2.24) is 4.72 Å². The first-order valence-corrected chi connectivity index (χ1v) is 8.07. The lowest BCUT2D eigenvalue weighted by atomic mass is 9.87. The summed E-state index contributed by atoms with van der Waals surface area (Å²) in [6.07, 6.45) is 3.66. The second-order valence-electron chi connectivity index (χ2n) is 5.26. The largest absolute Gasteiger partial charge is 0.394 e. The van der Waals surface area contributed by atoms with E-state index in [0.29, 0.717) is 0 Å². The molecule has 1 aromatic carbocycles. The molecule has 0 spiro atoms. The van der Waals surface area contributed by atoms with Crippen molar-refractivity contribution in [1.29, 1.82) is 0 Å². The summed E-state index contributed by atoms with van der Waals surface area (Å²) in [5.41, 5.74) is 4.42. The van der Waals surface area contributed by atoms with Crippen LogP contribution in [0.3, 0.4) is 0 Å². The molecule has 1 fully saturated rings. The molecule has 0 bridgehead atoms. The molecule has 20 heavy (non-hydrogen) atoms. The fraction of sp³-hybridized carbons (Fsp3) is 0.538. The first-order valence-electron chi connectivity index (χ1n) is 6.58. The van der Waals surface area contributed by atoms with Gasteiger partial charge >= 0.3 is 0 Å². The van der Waals surface area contributed by atoms with Gasteiger partial charge in [0.15, 0.2) is 5.82 Å². The minimum Gasteiger partial charge on any atom is -0.394 e. The van der Waals surface area contributed by atoms with Crippen LogP contribution in [-0.4, -0.2) is 14.5 Å². The quantitative estimate of drug-likeness (QED) is 0.842. The maximum atomic E-state index is 13.8. The lowest BCUT2D eigenvalue weighted by Crippen LogP contribution is -2.41. The Morgan fingerprint density at radius 1 is 1.25 bits per heavy atom. The number of rotatable bonds is 3. The Hall–Kier alpha value is -1.21. The summed E-state index contributed by atoms with van der Waals surface area (Å²) in [5.74, 6) is -2.01. The van der Waals surface area contributed by atoms with Crippen molar-refractivity contribution in [3.8, 4) is 0 Å². The number of anilines is 1.